The minimum absolute atomic E-state index is 0.243. The first kappa shape index (κ1) is 14.4. The Labute approximate surface area is 139 Å². The first-order valence-corrected chi connectivity index (χ1v) is 8.10. The average molecular weight is 419 g/mol. The van der Waals surface area contributed by atoms with Crippen molar-refractivity contribution in [2.75, 3.05) is 0 Å². The first-order chi connectivity index (χ1) is 9.54. The molecule has 0 spiro atoms. The zero-order valence-corrected chi connectivity index (χ0v) is 14.2. The minimum atomic E-state index is -0.545. The topological polar surface area (TPSA) is 29.5 Å². The minimum Gasteiger partial charge on any atom is -0.485 e. The molecule has 104 valence electrons. The van der Waals surface area contributed by atoms with Crippen LogP contribution < -0.4 is 4.74 Å². The number of benzene rings is 2. The summed E-state index contributed by atoms with van der Waals surface area (Å²) in [5.41, 5.74) is 1.71. The monoisotopic (exact) mass is 416 g/mol. The summed E-state index contributed by atoms with van der Waals surface area (Å²) in [7, 11) is 0. The number of ether oxygens (including phenoxy) is 1. The summed E-state index contributed by atoms with van der Waals surface area (Å²) in [5.74, 6) is 0.696. The maximum Gasteiger partial charge on any atom is 0.128 e. The van der Waals surface area contributed by atoms with E-state index >= 15 is 0 Å². The first-order valence-electron chi connectivity index (χ1n) is 6.13. The van der Waals surface area contributed by atoms with Crippen molar-refractivity contribution in [1.29, 1.82) is 0 Å². The van der Waals surface area contributed by atoms with Crippen LogP contribution in [-0.4, -0.2) is 5.11 Å². The third-order valence-corrected chi connectivity index (χ3v) is 4.66. The van der Waals surface area contributed by atoms with E-state index in [9.17, 15) is 5.11 Å². The molecule has 1 aliphatic heterocycles. The van der Waals surface area contributed by atoms with Crippen molar-refractivity contribution in [3.63, 3.8) is 0 Å². The van der Waals surface area contributed by atoms with Crippen molar-refractivity contribution in [3.8, 4) is 5.75 Å². The Bertz CT molecular complexity index is 660. The van der Waals surface area contributed by atoms with Crippen LogP contribution in [0.5, 0.6) is 5.75 Å². The lowest BCUT2D eigenvalue weighted by Crippen LogP contribution is -2.19. The van der Waals surface area contributed by atoms with Gasteiger partial charge in [0.05, 0.1) is 6.10 Å². The van der Waals surface area contributed by atoms with Crippen molar-refractivity contribution in [1.82, 2.24) is 0 Å². The summed E-state index contributed by atoms with van der Waals surface area (Å²) in [6.45, 7) is 0. The SMILES string of the molecule is O[C@H]1CC(c2ccc(Br)cc2Cl)Oc2cc(Br)ccc21. The fourth-order valence-corrected chi connectivity index (χ4v) is 3.50. The molecule has 2 nitrogen and oxygen atoms in total. The van der Waals surface area contributed by atoms with E-state index in [0.29, 0.717) is 17.2 Å². The lowest BCUT2D eigenvalue weighted by Gasteiger charge is -2.30. The zero-order valence-electron chi connectivity index (χ0n) is 10.3. The highest BCUT2D eigenvalue weighted by atomic mass is 79.9. The third kappa shape index (κ3) is 2.75. The summed E-state index contributed by atoms with van der Waals surface area (Å²) in [5, 5.41) is 10.9. The van der Waals surface area contributed by atoms with E-state index in [1.54, 1.807) is 0 Å². The number of hydrogen-bond donors (Lipinski definition) is 1. The molecule has 0 saturated carbocycles. The predicted octanol–water partition coefficient (Wildman–Crippen LogP) is 5.42. The van der Waals surface area contributed by atoms with Gasteiger partial charge in [0.15, 0.2) is 0 Å². The summed E-state index contributed by atoms with van der Waals surface area (Å²) in [4.78, 5) is 0. The highest BCUT2D eigenvalue weighted by Crippen LogP contribution is 2.43. The Morgan fingerprint density at radius 1 is 1.05 bits per heavy atom. The van der Waals surface area contributed by atoms with Gasteiger partial charge in [0.1, 0.15) is 11.9 Å². The van der Waals surface area contributed by atoms with Crippen LogP contribution in [0.25, 0.3) is 0 Å². The number of hydrogen-bond acceptors (Lipinski definition) is 2. The molecule has 0 aliphatic carbocycles. The van der Waals surface area contributed by atoms with Crippen molar-refractivity contribution in [2.24, 2.45) is 0 Å². The van der Waals surface area contributed by atoms with Crippen LogP contribution in [0.15, 0.2) is 45.3 Å². The van der Waals surface area contributed by atoms with Gasteiger partial charge in [-0.25, -0.2) is 0 Å². The van der Waals surface area contributed by atoms with E-state index in [4.69, 9.17) is 16.3 Å². The number of fused-ring (bicyclic) bond motifs is 1. The van der Waals surface area contributed by atoms with Gasteiger partial charge in [-0.05, 0) is 24.3 Å². The van der Waals surface area contributed by atoms with E-state index in [1.165, 1.54) is 0 Å². The van der Waals surface area contributed by atoms with E-state index in [2.05, 4.69) is 31.9 Å². The standard InChI is InChI=1S/C15H11Br2ClO2/c16-8-1-3-10(12(18)5-8)15-7-13(19)11-4-2-9(17)6-14(11)20-15/h1-6,13,15,19H,7H2/t13-,15?/m0/s1. The van der Waals surface area contributed by atoms with Crippen LogP contribution in [0.3, 0.4) is 0 Å². The average Bonchev–Trinajstić information content (AvgIpc) is 2.37. The molecule has 0 amide bonds. The maximum atomic E-state index is 10.3. The predicted molar refractivity (Wildman–Crippen MR) is 86.2 cm³/mol. The molecule has 3 rings (SSSR count). The van der Waals surface area contributed by atoms with E-state index in [1.807, 2.05) is 36.4 Å². The molecule has 1 N–H and O–H groups in total. The van der Waals surface area contributed by atoms with Gasteiger partial charge in [-0.3, -0.25) is 0 Å². The number of rotatable bonds is 1. The van der Waals surface area contributed by atoms with Crippen LogP contribution in [0.2, 0.25) is 5.02 Å². The molecular formula is C15H11Br2ClO2. The van der Waals surface area contributed by atoms with Gasteiger partial charge in [-0.1, -0.05) is 55.6 Å². The number of halogens is 3. The van der Waals surface area contributed by atoms with E-state index < -0.39 is 6.10 Å². The molecule has 1 heterocycles. The Hall–Kier alpha value is -0.550. The molecule has 5 heteroatoms. The lowest BCUT2D eigenvalue weighted by atomic mass is 9.95. The van der Waals surface area contributed by atoms with Crippen molar-refractivity contribution < 1.29 is 9.84 Å². The molecule has 0 saturated heterocycles. The van der Waals surface area contributed by atoms with Gasteiger partial charge in [0.2, 0.25) is 0 Å². The van der Waals surface area contributed by atoms with Gasteiger partial charge >= 0.3 is 0 Å². The van der Waals surface area contributed by atoms with Crippen molar-refractivity contribution in [2.45, 2.75) is 18.6 Å². The molecule has 0 fully saturated rings. The molecular weight excluding hydrogens is 407 g/mol. The lowest BCUT2D eigenvalue weighted by molar-refractivity contribution is 0.0657. The smallest absolute Gasteiger partial charge is 0.128 e. The van der Waals surface area contributed by atoms with Gasteiger partial charge in [0.25, 0.3) is 0 Å². The van der Waals surface area contributed by atoms with Crippen LogP contribution in [0.1, 0.15) is 29.8 Å². The van der Waals surface area contributed by atoms with E-state index in [0.717, 1.165) is 20.1 Å². The van der Waals surface area contributed by atoms with Crippen LogP contribution in [0, 0.1) is 0 Å². The van der Waals surface area contributed by atoms with Crippen molar-refractivity contribution >= 4 is 43.5 Å². The molecule has 0 radical (unpaired) electrons. The molecule has 20 heavy (non-hydrogen) atoms. The second kappa shape index (κ2) is 5.68. The van der Waals surface area contributed by atoms with Crippen LogP contribution in [-0.2, 0) is 0 Å². The Morgan fingerprint density at radius 2 is 1.70 bits per heavy atom. The van der Waals surface area contributed by atoms with Gasteiger partial charge in [-0.15, -0.1) is 0 Å². The maximum absolute atomic E-state index is 10.3. The van der Waals surface area contributed by atoms with Crippen molar-refractivity contribution in [3.05, 3.63) is 61.5 Å². The molecule has 2 aromatic carbocycles. The summed E-state index contributed by atoms with van der Waals surface area (Å²) < 4.78 is 7.84. The van der Waals surface area contributed by atoms with E-state index in [-0.39, 0.29) is 6.10 Å². The molecule has 2 atom stereocenters. The molecule has 2 aromatic rings. The zero-order chi connectivity index (χ0) is 14.3. The highest BCUT2D eigenvalue weighted by molar-refractivity contribution is 9.10. The molecule has 1 unspecified atom stereocenters. The number of aliphatic hydroxyl groups is 1. The Morgan fingerprint density at radius 3 is 2.40 bits per heavy atom. The Balaban J connectivity index is 1.98. The second-order valence-electron chi connectivity index (χ2n) is 4.71. The normalized spacial score (nSPS) is 21.2. The summed E-state index contributed by atoms with van der Waals surface area (Å²) in [6.07, 6.45) is -0.292. The molecule has 0 bridgehead atoms. The quantitative estimate of drug-likeness (QED) is 0.670. The highest BCUT2D eigenvalue weighted by Gasteiger charge is 2.29. The van der Waals surface area contributed by atoms with Gasteiger partial charge in [0, 0.05) is 31.5 Å². The molecule has 1 aliphatic rings. The summed E-state index contributed by atoms with van der Waals surface area (Å²) in [6, 6.07) is 11.3. The Kier molecular flexibility index (Phi) is 4.09. The van der Waals surface area contributed by atoms with Gasteiger partial charge in [-0.2, -0.15) is 0 Å². The third-order valence-electron chi connectivity index (χ3n) is 3.35. The number of aliphatic hydroxyl groups excluding tert-OH is 1. The van der Waals surface area contributed by atoms with Crippen LogP contribution >= 0.6 is 43.5 Å². The molecule has 0 aromatic heterocycles. The van der Waals surface area contributed by atoms with Gasteiger partial charge < -0.3 is 9.84 Å². The summed E-state index contributed by atoms with van der Waals surface area (Å²) >= 11 is 13.1. The fourth-order valence-electron chi connectivity index (χ4n) is 2.37. The van der Waals surface area contributed by atoms with Crippen LogP contribution in [0.4, 0.5) is 0 Å². The largest absolute Gasteiger partial charge is 0.485 e. The fraction of sp³-hybridized carbons (Fsp3) is 0.200. The second-order valence-corrected chi connectivity index (χ2v) is 6.94.